The number of rotatable bonds is 9. The van der Waals surface area contributed by atoms with Crippen molar-refractivity contribution in [3.8, 4) is 4.37 Å². The summed E-state index contributed by atoms with van der Waals surface area (Å²) >= 11 is 1.82. The number of benzene rings is 4. The third kappa shape index (κ3) is 6.97. The van der Waals surface area contributed by atoms with E-state index in [0.717, 1.165) is 12.0 Å². The Morgan fingerprint density at radius 1 is 0.721 bits per heavy atom. The predicted molar refractivity (Wildman–Crippen MR) is 184 cm³/mol. The van der Waals surface area contributed by atoms with E-state index in [1.807, 2.05) is 24.9 Å². The van der Waals surface area contributed by atoms with E-state index >= 15 is 0 Å². The first-order chi connectivity index (χ1) is 21.2. The Hall–Kier alpha value is -3.61. The molecule has 0 N–H and O–H groups in total. The molecule has 0 aromatic heterocycles. The molecule has 0 radical (unpaired) electrons. The molecule has 0 bridgehead atoms. The Bertz CT molecular complexity index is 1610. The van der Waals surface area contributed by atoms with Gasteiger partial charge in [0.15, 0.2) is 0 Å². The molecule has 0 spiro atoms. The van der Waals surface area contributed by atoms with Gasteiger partial charge in [-0.25, -0.2) is 0 Å². The SMILES string of the molecule is C/C=C/c1ccc(/C=C/C(C=C2COCC2=CCC)=C([C]#[Os])[P+](c2ccccc2)(c2ccccc2)c2ccccc2)cc1. The van der Waals surface area contributed by atoms with Gasteiger partial charge in [-0.3, -0.25) is 0 Å². The van der Waals surface area contributed by atoms with Gasteiger partial charge in [0, 0.05) is 0 Å². The molecule has 1 saturated heterocycles. The van der Waals surface area contributed by atoms with Gasteiger partial charge in [-0.1, -0.05) is 0 Å². The van der Waals surface area contributed by atoms with Gasteiger partial charge in [-0.05, 0) is 0 Å². The van der Waals surface area contributed by atoms with Crippen LogP contribution in [0.4, 0.5) is 0 Å². The van der Waals surface area contributed by atoms with Crippen LogP contribution < -0.4 is 15.9 Å². The Labute approximate surface area is 267 Å². The summed E-state index contributed by atoms with van der Waals surface area (Å²) in [6.45, 7) is 5.52. The number of hydrogen-bond acceptors (Lipinski definition) is 1. The maximum absolute atomic E-state index is 5.98. The van der Waals surface area contributed by atoms with Crippen LogP contribution in [0.15, 0.2) is 162 Å². The second-order valence-electron chi connectivity index (χ2n) is 10.4. The molecule has 4 aromatic carbocycles. The Balaban J connectivity index is 1.85. The van der Waals surface area contributed by atoms with Gasteiger partial charge < -0.3 is 0 Å². The van der Waals surface area contributed by atoms with E-state index in [-0.39, 0.29) is 0 Å². The van der Waals surface area contributed by atoms with E-state index in [1.165, 1.54) is 43.5 Å². The molecule has 1 aliphatic rings. The van der Waals surface area contributed by atoms with Crippen LogP contribution in [0, 0.1) is 4.37 Å². The first kappa shape index (κ1) is 30.8. The van der Waals surface area contributed by atoms with Crippen LogP contribution >= 0.6 is 7.26 Å². The molecule has 0 atom stereocenters. The van der Waals surface area contributed by atoms with E-state index in [2.05, 4.69) is 163 Å². The predicted octanol–water partition coefficient (Wildman–Crippen LogP) is 8.78. The van der Waals surface area contributed by atoms with Gasteiger partial charge in [0.2, 0.25) is 0 Å². The summed E-state index contributed by atoms with van der Waals surface area (Å²) in [6, 6.07) is 41.8. The van der Waals surface area contributed by atoms with Crippen LogP contribution in [0.1, 0.15) is 31.4 Å². The maximum atomic E-state index is 5.98. The van der Waals surface area contributed by atoms with Gasteiger partial charge in [0.1, 0.15) is 0 Å². The Kier molecular flexibility index (Phi) is 10.9. The fourth-order valence-electron chi connectivity index (χ4n) is 5.60. The monoisotopic (exact) mass is 756 g/mol. The molecule has 215 valence electrons. The van der Waals surface area contributed by atoms with E-state index in [4.69, 9.17) is 4.74 Å². The zero-order valence-corrected chi connectivity index (χ0v) is 28.2. The number of allylic oxidation sites excluding steroid dienone is 6. The Morgan fingerprint density at radius 3 is 1.67 bits per heavy atom. The third-order valence-corrected chi connectivity index (χ3v) is 13.0. The van der Waals surface area contributed by atoms with Crippen molar-refractivity contribution in [1.82, 2.24) is 0 Å². The summed E-state index contributed by atoms with van der Waals surface area (Å²) < 4.78 is 9.79. The second kappa shape index (κ2) is 15.2. The summed E-state index contributed by atoms with van der Waals surface area (Å²) in [6.07, 6.45) is 14.4. The first-order valence-corrected chi connectivity index (χ1v) is 17.8. The first-order valence-electron chi connectivity index (χ1n) is 14.8. The van der Waals surface area contributed by atoms with Crippen molar-refractivity contribution in [3.63, 3.8) is 0 Å². The van der Waals surface area contributed by atoms with Gasteiger partial charge in [0.05, 0.1) is 0 Å². The topological polar surface area (TPSA) is 9.23 Å². The average Bonchev–Trinajstić information content (AvgIpc) is 3.50. The minimum absolute atomic E-state index is 0.619. The van der Waals surface area contributed by atoms with E-state index in [1.54, 1.807) is 0 Å². The molecule has 43 heavy (non-hydrogen) atoms. The molecule has 4 aromatic rings. The molecule has 0 amide bonds. The van der Waals surface area contributed by atoms with Crippen molar-refractivity contribution in [3.05, 3.63) is 173 Å². The third-order valence-electron chi connectivity index (χ3n) is 7.58. The second-order valence-corrected chi connectivity index (χ2v) is 14.3. The van der Waals surface area contributed by atoms with Crippen LogP contribution in [0.2, 0.25) is 0 Å². The zero-order valence-electron chi connectivity index (χ0n) is 24.8. The average molecular weight is 755 g/mol. The number of hydrogen-bond donors (Lipinski definition) is 0. The summed E-state index contributed by atoms with van der Waals surface area (Å²) in [7, 11) is -2.34. The zero-order chi connectivity index (χ0) is 29.9. The number of ether oxygens (including phenoxy) is 1. The van der Waals surface area contributed by atoms with Gasteiger partial charge in [-0.2, -0.15) is 0 Å². The van der Waals surface area contributed by atoms with Crippen LogP contribution in [-0.4, -0.2) is 13.2 Å². The quantitative estimate of drug-likeness (QED) is 0.123. The van der Waals surface area contributed by atoms with E-state index in [0.29, 0.717) is 13.2 Å². The van der Waals surface area contributed by atoms with Crippen LogP contribution in [-0.2, 0) is 22.7 Å². The van der Waals surface area contributed by atoms with Crippen molar-refractivity contribution in [2.75, 3.05) is 13.2 Å². The summed E-state index contributed by atoms with van der Waals surface area (Å²) in [4.78, 5) is 0. The van der Waals surface area contributed by atoms with Gasteiger partial charge in [-0.15, -0.1) is 0 Å². The van der Waals surface area contributed by atoms with Crippen molar-refractivity contribution in [2.24, 2.45) is 0 Å². The molecule has 1 aliphatic heterocycles. The molecule has 0 saturated carbocycles. The van der Waals surface area contributed by atoms with Crippen molar-refractivity contribution < 1.29 is 22.7 Å². The van der Waals surface area contributed by atoms with Crippen molar-refractivity contribution in [1.29, 1.82) is 0 Å². The van der Waals surface area contributed by atoms with E-state index in [9.17, 15) is 0 Å². The molecule has 0 unspecified atom stereocenters. The van der Waals surface area contributed by atoms with Gasteiger partial charge >= 0.3 is 269 Å². The molecular formula is C40H37OOsP+. The fraction of sp³-hybridized carbons (Fsp3) is 0.125. The summed E-state index contributed by atoms with van der Waals surface area (Å²) in [5.74, 6) is 0. The van der Waals surface area contributed by atoms with Crippen LogP contribution in [0.3, 0.4) is 0 Å². The fourth-order valence-corrected chi connectivity index (χ4v) is 11.4. The molecule has 0 aliphatic carbocycles. The van der Waals surface area contributed by atoms with E-state index < -0.39 is 7.26 Å². The molecule has 1 fully saturated rings. The molecule has 5 rings (SSSR count). The normalized spacial score (nSPS) is 16.2. The Morgan fingerprint density at radius 2 is 1.21 bits per heavy atom. The molecule has 1 heterocycles. The van der Waals surface area contributed by atoms with Crippen LogP contribution in [0.25, 0.3) is 12.2 Å². The summed E-state index contributed by atoms with van der Waals surface area (Å²) in [5, 5.41) is 5.17. The summed E-state index contributed by atoms with van der Waals surface area (Å²) in [5.41, 5.74) is 6.06. The molecule has 3 heteroatoms. The molecular weight excluding hydrogens is 718 g/mol. The molecule has 1 nitrogen and oxygen atoms in total. The minimum atomic E-state index is -2.34. The van der Waals surface area contributed by atoms with Crippen molar-refractivity contribution in [2.45, 2.75) is 20.3 Å². The van der Waals surface area contributed by atoms with Gasteiger partial charge in [0.25, 0.3) is 0 Å². The van der Waals surface area contributed by atoms with Crippen LogP contribution in [0.5, 0.6) is 0 Å². The van der Waals surface area contributed by atoms with Crippen molar-refractivity contribution >= 4 is 35.3 Å². The standard InChI is InChI=1S/C40H37OP.Os/c1-4-15-33-23-25-34(26-24-33)27-28-35(29-37-31-41-30-36(37)16-5-2)32(3)42(38-17-9-6-10-18-38,39-19-11-7-12-20-39)40-21-13-8-14-22-40;/h4,6-29H,5,30-31H2,1-2H3;/q+1;/b15-4+,28-27+,35-32?,36-16?,37-29?;.